The van der Waals surface area contributed by atoms with E-state index in [2.05, 4.69) is 20.1 Å². The second-order valence-corrected chi connectivity index (χ2v) is 8.39. The van der Waals surface area contributed by atoms with Gasteiger partial charge in [0.25, 0.3) is 5.56 Å². The van der Waals surface area contributed by atoms with Gasteiger partial charge in [-0.05, 0) is 69.5 Å². The number of rotatable bonds is 5. The second kappa shape index (κ2) is 7.19. The van der Waals surface area contributed by atoms with E-state index >= 15 is 0 Å². The molecule has 0 atom stereocenters. The van der Waals surface area contributed by atoms with Gasteiger partial charge in [0.15, 0.2) is 5.82 Å². The maximum absolute atomic E-state index is 12.3. The molecule has 0 bridgehead atoms. The number of aromatic nitrogens is 4. The molecule has 7 nitrogen and oxygen atoms in total. The fraction of sp³-hybridized carbons (Fsp3) is 0.700. The van der Waals surface area contributed by atoms with Crippen molar-refractivity contribution in [2.45, 2.75) is 70.4 Å². The molecule has 1 saturated heterocycles. The minimum Gasteiger partial charge on any atom is -0.339 e. The van der Waals surface area contributed by atoms with E-state index in [4.69, 9.17) is 4.52 Å². The number of hydrogen-bond donors (Lipinski definition) is 0. The number of nitrogens with zero attached hydrogens (tertiary/aromatic N) is 5. The summed E-state index contributed by atoms with van der Waals surface area (Å²) in [5.74, 6) is 2.65. The second-order valence-electron chi connectivity index (χ2n) is 8.39. The minimum atomic E-state index is 0.0633. The lowest BCUT2D eigenvalue weighted by molar-refractivity contribution is 0.159. The molecule has 5 rings (SSSR count). The first kappa shape index (κ1) is 17.1. The monoisotopic (exact) mass is 369 g/mol. The third-order valence-electron chi connectivity index (χ3n) is 6.47. The molecule has 144 valence electrons. The summed E-state index contributed by atoms with van der Waals surface area (Å²) in [5, 5.41) is 8.79. The Balaban J connectivity index is 1.15. The molecule has 3 heterocycles. The zero-order valence-electron chi connectivity index (χ0n) is 15.8. The third-order valence-corrected chi connectivity index (χ3v) is 6.47. The molecule has 2 fully saturated rings. The maximum atomic E-state index is 12.3. The van der Waals surface area contributed by atoms with E-state index in [1.807, 2.05) is 0 Å². The Morgan fingerprint density at radius 1 is 1.11 bits per heavy atom. The van der Waals surface area contributed by atoms with Gasteiger partial charge in [0.05, 0.1) is 12.2 Å². The van der Waals surface area contributed by atoms with Gasteiger partial charge < -0.3 is 4.52 Å². The molecule has 0 N–H and O–H groups in total. The highest BCUT2D eigenvalue weighted by atomic mass is 16.5. The lowest BCUT2D eigenvalue weighted by Crippen LogP contribution is -2.36. The van der Waals surface area contributed by atoms with Crippen molar-refractivity contribution in [1.29, 1.82) is 0 Å². The molecule has 0 radical (unpaired) electrons. The van der Waals surface area contributed by atoms with E-state index in [9.17, 15) is 4.79 Å². The van der Waals surface area contributed by atoms with Crippen LogP contribution in [0, 0.1) is 5.92 Å². The van der Waals surface area contributed by atoms with Crippen LogP contribution in [0.4, 0.5) is 0 Å². The van der Waals surface area contributed by atoms with Gasteiger partial charge in [-0.25, -0.2) is 4.68 Å². The molecule has 0 spiro atoms. The van der Waals surface area contributed by atoms with E-state index < -0.39 is 0 Å². The highest BCUT2D eigenvalue weighted by molar-refractivity contribution is 5.22. The summed E-state index contributed by atoms with van der Waals surface area (Å²) in [5.41, 5.74) is 2.35. The summed E-state index contributed by atoms with van der Waals surface area (Å²) in [6.45, 7) is 3.53. The first-order valence-corrected chi connectivity index (χ1v) is 10.4. The van der Waals surface area contributed by atoms with Crippen molar-refractivity contribution < 1.29 is 4.52 Å². The van der Waals surface area contributed by atoms with E-state index in [0.717, 1.165) is 81.3 Å². The normalized spacial score (nSPS) is 21.3. The molecule has 27 heavy (non-hydrogen) atoms. The fourth-order valence-corrected chi connectivity index (χ4v) is 4.49. The number of fused-ring (bicyclic) bond motifs is 1. The molecule has 3 aliphatic rings. The number of aryl methyl sites for hydroxylation is 2. The zero-order valence-corrected chi connectivity index (χ0v) is 15.8. The molecule has 0 unspecified atom stereocenters. The quantitative estimate of drug-likeness (QED) is 0.805. The lowest BCUT2D eigenvalue weighted by Gasteiger charge is -2.31. The summed E-state index contributed by atoms with van der Waals surface area (Å²) in [6.07, 6.45) is 8.96. The van der Waals surface area contributed by atoms with Gasteiger partial charge in [-0.1, -0.05) is 11.6 Å². The number of hydrogen-bond acceptors (Lipinski definition) is 6. The van der Waals surface area contributed by atoms with Crippen LogP contribution >= 0.6 is 0 Å². The highest BCUT2D eigenvalue weighted by Crippen LogP contribution is 2.35. The Morgan fingerprint density at radius 3 is 2.74 bits per heavy atom. The third kappa shape index (κ3) is 3.57. The highest BCUT2D eigenvalue weighted by Gasteiger charge is 2.27. The van der Waals surface area contributed by atoms with Gasteiger partial charge in [0.2, 0.25) is 5.89 Å². The molecule has 1 aliphatic heterocycles. The topological polar surface area (TPSA) is 77.0 Å². The van der Waals surface area contributed by atoms with E-state index in [1.165, 1.54) is 19.3 Å². The van der Waals surface area contributed by atoms with Crippen LogP contribution in [0.2, 0.25) is 0 Å². The van der Waals surface area contributed by atoms with Gasteiger partial charge in [0.1, 0.15) is 0 Å². The van der Waals surface area contributed by atoms with Crippen LogP contribution in [0.1, 0.15) is 67.4 Å². The fourth-order valence-electron chi connectivity index (χ4n) is 4.49. The molecule has 1 saturated carbocycles. The number of likely N-dealkylation sites (tertiary alicyclic amines) is 1. The average Bonchev–Trinajstić information content (AvgIpc) is 3.25. The molecular formula is C20H27N5O2. The van der Waals surface area contributed by atoms with Crippen LogP contribution in [0.25, 0.3) is 0 Å². The molecule has 2 aliphatic carbocycles. The van der Waals surface area contributed by atoms with Crippen molar-refractivity contribution in [2.75, 3.05) is 13.1 Å². The van der Waals surface area contributed by atoms with E-state index in [1.54, 1.807) is 10.7 Å². The van der Waals surface area contributed by atoms with Gasteiger partial charge >= 0.3 is 0 Å². The molecule has 0 aromatic carbocycles. The summed E-state index contributed by atoms with van der Waals surface area (Å²) in [4.78, 5) is 19.3. The van der Waals surface area contributed by atoms with Crippen LogP contribution in [0.15, 0.2) is 15.4 Å². The molecule has 7 heteroatoms. The average molecular weight is 369 g/mol. The van der Waals surface area contributed by atoms with Crippen molar-refractivity contribution in [3.8, 4) is 0 Å². The van der Waals surface area contributed by atoms with Crippen LogP contribution in [-0.4, -0.2) is 37.9 Å². The first-order chi connectivity index (χ1) is 13.2. The van der Waals surface area contributed by atoms with Crippen molar-refractivity contribution in [1.82, 2.24) is 24.8 Å². The van der Waals surface area contributed by atoms with Crippen molar-refractivity contribution in [2.24, 2.45) is 5.92 Å². The standard InChI is InChI=1S/C20H27N5O2/c26-19-11-16-5-2-6-17(16)22-25(19)12-14-7-9-24(10-8-14)13-18-21-20(27-23-18)15-3-1-4-15/h11,14-15H,1-10,12-13H2. The van der Waals surface area contributed by atoms with Gasteiger partial charge in [-0.2, -0.15) is 10.1 Å². The summed E-state index contributed by atoms with van der Waals surface area (Å²) in [6, 6.07) is 1.81. The van der Waals surface area contributed by atoms with Gasteiger partial charge in [-0.3, -0.25) is 9.69 Å². The Bertz CT molecular complexity index is 861. The summed E-state index contributed by atoms with van der Waals surface area (Å²) in [7, 11) is 0. The van der Waals surface area contributed by atoms with Gasteiger partial charge in [-0.15, -0.1) is 0 Å². The minimum absolute atomic E-state index is 0.0633. The predicted octanol–water partition coefficient (Wildman–Crippen LogP) is 2.29. The SMILES string of the molecule is O=c1cc2c(nn1CC1CCN(Cc3noc(C4CCC4)n3)CC1)CCC2. The molecular weight excluding hydrogens is 342 g/mol. The largest absolute Gasteiger partial charge is 0.339 e. The Morgan fingerprint density at radius 2 is 1.96 bits per heavy atom. The summed E-state index contributed by atoms with van der Waals surface area (Å²) >= 11 is 0. The molecule has 2 aromatic heterocycles. The maximum Gasteiger partial charge on any atom is 0.267 e. The van der Waals surface area contributed by atoms with Crippen molar-refractivity contribution in [3.63, 3.8) is 0 Å². The van der Waals surface area contributed by atoms with Crippen LogP contribution in [-0.2, 0) is 25.9 Å². The first-order valence-electron chi connectivity index (χ1n) is 10.4. The Kier molecular flexibility index (Phi) is 4.55. The number of piperidine rings is 1. The smallest absolute Gasteiger partial charge is 0.267 e. The lowest BCUT2D eigenvalue weighted by atomic mass is 9.85. The van der Waals surface area contributed by atoms with Crippen LogP contribution < -0.4 is 5.56 Å². The predicted molar refractivity (Wildman–Crippen MR) is 99.4 cm³/mol. The molecule has 0 amide bonds. The van der Waals surface area contributed by atoms with Crippen molar-refractivity contribution in [3.05, 3.63) is 39.4 Å². The summed E-state index contributed by atoms with van der Waals surface area (Å²) < 4.78 is 7.13. The van der Waals surface area contributed by atoms with Crippen LogP contribution in [0.5, 0.6) is 0 Å². The van der Waals surface area contributed by atoms with Crippen LogP contribution in [0.3, 0.4) is 0 Å². The van der Waals surface area contributed by atoms with Gasteiger partial charge in [0, 0.05) is 18.5 Å². The van der Waals surface area contributed by atoms with E-state index in [-0.39, 0.29) is 5.56 Å². The Labute approximate surface area is 158 Å². The van der Waals surface area contributed by atoms with E-state index in [0.29, 0.717) is 11.8 Å². The zero-order chi connectivity index (χ0) is 18.2. The molecule has 2 aromatic rings. The van der Waals surface area contributed by atoms with Crippen molar-refractivity contribution >= 4 is 0 Å². The Hall–Kier alpha value is -2.02.